The number of hydrogen-bond acceptors (Lipinski definition) is 6. The molecule has 4 amide bonds. The number of nitrogens with zero attached hydrogens (tertiary/aromatic N) is 2. The summed E-state index contributed by atoms with van der Waals surface area (Å²) >= 11 is 0.878. The zero-order valence-electron chi connectivity index (χ0n) is 13.7. The number of amides is 4. The Kier molecular flexibility index (Phi) is 5.47. The molecule has 0 bridgehead atoms. The van der Waals surface area contributed by atoms with Gasteiger partial charge in [0.15, 0.2) is 0 Å². The molecule has 8 nitrogen and oxygen atoms in total. The van der Waals surface area contributed by atoms with Gasteiger partial charge in [0.1, 0.15) is 5.71 Å². The Balaban J connectivity index is 1.54. The van der Waals surface area contributed by atoms with Crippen molar-refractivity contribution in [1.29, 1.82) is 0 Å². The third-order valence-corrected chi connectivity index (χ3v) is 4.67. The van der Waals surface area contributed by atoms with Gasteiger partial charge in [-0.3, -0.25) is 24.1 Å². The topological polar surface area (TPSA) is 108 Å². The molecule has 9 heteroatoms. The van der Waals surface area contributed by atoms with Crippen LogP contribution in [0.15, 0.2) is 40.3 Å². The molecule has 0 radical (unpaired) electrons. The maximum absolute atomic E-state index is 12.4. The van der Waals surface area contributed by atoms with Crippen molar-refractivity contribution in [2.24, 2.45) is 5.10 Å². The number of hydrazone groups is 1. The van der Waals surface area contributed by atoms with E-state index in [4.69, 9.17) is 0 Å². The maximum atomic E-state index is 12.4. The lowest BCUT2D eigenvalue weighted by molar-refractivity contribution is -0.123. The monoisotopic (exact) mass is 372 g/mol. The summed E-state index contributed by atoms with van der Waals surface area (Å²) in [6.45, 7) is 0.185. The van der Waals surface area contributed by atoms with Crippen LogP contribution in [0.5, 0.6) is 0 Å². The molecular weight excluding hydrogens is 356 g/mol. The van der Waals surface area contributed by atoms with Gasteiger partial charge in [0.05, 0.1) is 4.91 Å². The lowest BCUT2D eigenvalue weighted by Gasteiger charge is -2.14. The van der Waals surface area contributed by atoms with Crippen molar-refractivity contribution in [2.45, 2.75) is 12.8 Å². The standard InChI is InChI=1S/C17H16N4O4S/c22-14-7-6-12(19-20-14)15(23)18-8-9-21-16(24)13(26-17(21)25)10-11-4-2-1-3-5-11/h1-5,10H,6-9H2,(H,18,23)(H,20,22)/b13-10-. The molecule has 2 heterocycles. The molecule has 0 unspecified atom stereocenters. The molecule has 2 N–H and O–H groups in total. The first-order chi connectivity index (χ1) is 12.5. The van der Waals surface area contributed by atoms with Gasteiger partial charge in [0, 0.05) is 25.9 Å². The van der Waals surface area contributed by atoms with Crippen molar-refractivity contribution in [3.8, 4) is 0 Å². The second-order valence-corrected chi connectivity index (χ2v) is 6.59. The highest BCUT2D eigenvalue weighted by Crippen LogP contribution is 2.31. The summed E-state index contributed by atoms with van der Waals surface area (Å²) in [6, 6.07) is 9.26. The van der Waals surface area contributed by atoms with Gasteiger partial charge < -0.3 is 5.32 Å². The molecule has 3 rings (SSSR count). The Labute approximate surface area is 153 Å². The van der Waals surface area contributed by atoms with Crippen LogP contribution in [0.1, 0.15) is 18.4 Å². The van der Waals surface area contributed by atoms with Gasteiger partial charge in [-0.25, -0.2) is 5.43 Å². The summed E-state index contributed by atoms with van der Waals surface area (Å²) in [4.78, 5) is 48.8. The summed E-state index contributed by atoms with van der Waals surface area (Å²) in [5.41, 5.74) is 3.31. The first-order valence-electron chi connectivity index (χ1n) is 7.98. The normalized spacial score (nSPS) is 18.8. The van der Waals surface area contributed by atoms with Gasteiger partial charge in [0.25, 0.3) is 17.1 Å². The van der Waals surface area contributed by atoms with E-state index < -0.39 is 5.91 Å². The second kappa shape index (κ2) is 7.96. The van der Waals surface area contributed by atoms with Crippen molar-refractivity contribution in [3.05, 3.63) is 40.8 Å². The molecule has 2 aliphatic heterocycles. The summed E-state index contributed by atoms with van der Waals surface area (Å²) < 4.78 is 0. The quantitative estimate of drug-likeness (QED) is 0.753. The third kappa shape index (κ3) is 4.17. The molecule has 1 fully saturated rings. The SMILES string of the molecule is O=C1CCC(C(=O)NCCN2C(=O)S/C(=C\c3ccccc3)C2=O)=NN1. The summed E-state index contributed by atoms with van der Waals surface area (Å²) in [5, 5.41) is 5.93. The number of carbonyl (C=O) groups is 4. The lowest BCUT2D eigenvalue weighted by atomic mass is 10.1. The molecule has 0 spiro atoms. The van der Waals surface area contributed by atoms with E-state index in [0.29, 0.717) is 4.91 Å². The van der Waals surface area contributed by atoms with E-state index in [1.807, 2.05) is 30.3 Å². The Morgan fingerprint density at radius 2 is 2.00 bits per heavy atom. The molecule has 0 aliphatic carbocycles. The highest BCUT2D eigenvalue weighted by molar-refractivity contribution is 8.18. The number of hydrogen-bond donors (Lipinski definition) is 2. The van der Waals surface area contributed by atoms with Gasteiger partial charge in [-0.2, -0.15) is 5.10 Å². The average Bonchev–Trinajstić information content (AvgIpc) is 2.90. The molecule has 2 aliphatic rings. The predicted molar refractivity (Wildman–Crippen MR) is 96.9 cm³/mol. The fourth-order valence-corrected chi connectivity index (χ4v) is 3.28. The minimum absolute atomic E-state index is 0.0716. The van der Waals surface area contributed by atoms with Crippen molar-refractivity contribution in [3.63, 3.8) is 0 Å². The van der Waals surface area contributed by atoms with Crippen LogP contribution in [0.2, 0.25) is 0 Å². The number of thioether (sulfide) groups is 1. The number of carbonyl (C=O) groups excluding carboxylic acids is 4. The largest absolute Gasteiger partial charge is 0.349 e. The van der Waals surface area contributed by atoms with Crippen molar-refractivity contribution in [1.82, 2.24) is 15.6 Å². The first-order valence-corrected chi connectivity index (χ1v) is 8.80. The summed E-state index contributed by atoms with van der Waals surface area (Å²) in [6.07, 6.45) is 2.14. The van der Waals surface area contributed by atoms with Crippen LogP contribution >= 0.6 is 11.8 Å². The third-order valence-electron chi connectivity index (χ3n) is 3.76. The van der Waals surface area contributed by atoms with Crippen LogP contribution in [0, 0.1) is 0 Å². The van der Waals surface area contributed by atoms with E-state index >= 15 is 0 Å². The molecule has 1 saturated heterocycles. The Hall–Kier alpha value is -2.94. The van der Waals surface area contributed by atoms with E-state index in [9.17, 15) is 19.2 Å². The van der Waals surface area contributed by atoms with Crippen LogP contribution in [0.25, 0.3) is 6.08 Å². The smallest absolute Gasteiger partial charge is 0.293 e. The van der Waals surface area contributed by atoms with Crippen molar-refractivity contribution in [2.75, 3.05) is 13.1 Å². The molecule has 1 aromatic carbocycles. The van der Waals surface area contributed by atoms with Gasteiger partial charge in [-0.05, 0) is 23.4 Å². The lowest BCUT2D eigenvalue weighted by Crippen LogP contribution is -2.41. The first kappa shape index (κ1) is 17.9. The summed E-state index contributed by atoms with van der Waals surface area (Å²) in [7, 11) is 0. The number of benzene rings is 1. The minimum Gasteiger partial charge on any atom is -0.349 e. The van der Waals surface area contributed by atoms with Gasteiger partial charge in [-0.1, -0.05) is 30.3 Å². The van der Waals surface area contributed by atoms with Crippen LogP contribution in [0.4, 0.5) is 4.79 Å². The van der Waals surface area contributed by atoms with E-state index in [-0.39, 0.29) is 48.7 Å². The predicted octanol–water partition coefficient (Wildman–Crippen LogP) is 1.11. The molecule has 26 heavy (non-hydrogen) atoms. The maximum Gasteiger partial charge on any atom is 0.293 e. The summed E-state index contributed by atoms with van der Waals surface area (Å²) in [5.74, 6) is -1.03. The van der Waals surface area contributed by atoms with Crippen LogP contribution < -0.4 is 10.7 Å². The number of rotatable bonds is 5. The highest BCUT2D eigenvalue weighted by Gasteiger charge is 2.34. The fraction of sp³-hybridized carbons (Fsp3) is 0.235. The van der Waals surface area contributed by atoms with Gasteiger partial charge in [0.2, 0.25) is 5.91 Å². The molecule has 0 aromatic heterocycles. The molecule has 134 valence electrons. The minimum atomic E-state index is -0.420. The Bertz CT molecular complexity index is 819. The zero-order valence-corrected chi connectivity index (χ0v) is 14.5. The van der Waals surface area contributed by atoms with Crippen LogP contribution in [0.3, 0.4) is 0 Å². The van der Waals surface area contributed by atoms with E-state index in [1.165, 1.54) is 0 Å². The van der Waals surface area contributed by atoms with E-state index in [1.54, 1.807) is 6.08 Å². The fourth-order valence-electron chi connectivity index (χ4n) is 2.41. The Morgan fingerprint density at radius 3 is 2.69 bits per heavy atom. The second-order valence-electron chi connectivity index (χ2n) is 5.59. The molecule has 0 atom stereocenters. The Morgan fingerprint density at radius 1 is 1.23 bits per heavy atom. The number of nitrogens with one attached hydrogen (secondary N) is 2. The van der Waals surface area contributed by atoms with Crippen molar-refractivity contribution < 1.29 is 19.2 Å². The zero-order chi connectivity index (χ0) is 18.5. The van der Waals surface area contributed by atoms with Crippen LogP contribution in [-0.4, -0.2) is 46.7 Å². The van der Waals surface area contributed by atoms with Gasteiger partial charge >= 0.3 is 0 Å². The molecule has 0 saturated carbocycles. The molecular formula is C17H16N4O4S. The molecule has 1 aromatic rings. The van der Waals surface area contributed by atoms with Crippen LogP contribution in [-0.2, 0) is 14.4 Å². The highest BCUT2D eigenvalue weighted by atomic mass is 32.2. The van der Waals surface area contributed by atoms with Crippen molar-refractivity contribution >= 4 is 46.5 Å². The van der Waals surface area contributed by atoms with Gasteiger partial charge in [-0.15, -0.1) is 0 Å². The average molecular weight is 372 g/mol. The van der Waals surface area contributed by atoms with E-state index in [2.05, 4.69) is 15.8 Å². The van der Waals surface area contributed by atoms with E-state index in [0.717, 1.165) is 22.2 Å². The number of imide groups is 1.